The summed E-state index contributed by atoms with van der Waals surface area (Å²) in [6, 6.07) is 26.2. The minimum atomic E-state index is 0.110. The van der Waals surface area contributed by atoms with Gasteiger partial charge in [-0.05, 0) is 35.2 Å². The van der Waals surface area contributed by atoms with Gasteiger partial charge in [0.2, 0.25) is 17.8 Å². The maximum atomic E-state index is 12.7. The Labute approximate surface area is 172 Å². The van der Waals surface area contributed by atoms with Gasteiger partial charge in [0.1, 0.15) is 0 Å². The fourth-order valence-corrected chi connectivity index (χ4v) is 4.15. The summed E-state index contributed by atoms with van der Waals surface area (Å²) in [5, 5.41) is 10.7. The predicted octanol–water partition coefficient (Wildman–Crippen LogP) is 5.13. The highest BCUT2D eigenvalue weighted by atomic mass is 32.1. The number of thiophene rings is 1. The highest BCUT2D eigenvalue weighted by Gasteiger charge is 2.19. The van der Waals surface area contributed by atoms with Crippen molar-refractivity contribution in [1.82, 2.24) is 10.2 Å². The van der Waals surface area contributed by atoms with Gasteiger partial charge in [0, 0.05) is 11.5 Å². The molecule has 0 unspecified atom stereocenters. The first-order valence-corrected chi connectivity index (χ1v) is 10.3. The van der Waals surface area contributed by atoms with E-state index in [0.717, 1.165) is 38.3 Å². The summed E-state index contributed by atoms with van der Waals surface area (Å²) in [4.78, 5) is 13.5. The van der Waals surface area contributed by atoms with E-state index in [1.807, 2.05) is 70.7 Å². The molecule has 0 spiro atoms. The van der Waals surface area contributed by atoms with Crippen molar-refractivity contribution in [3.8, 4) is 22.5 Å². The number of hydrogen-bond acceptors (Lipinski definition) is 3. The molecule has 0 amide bonds. The van der Waals surface area contributed by atoms with Crippen LogP contribution in [0.25, 0.3) is 33.4 Å². The number of benzene rings is 2. The smallest absolute Gasteiger partial charge is 0.237 e. The van der Waals surface area contributed by atoms with Crippen molar-refractivity contribution >= 4 is 28.0 Å². The standard InChI is InChI=1S/C24H18N3OS/c28-23(24-11-6-12-29-24)16-27-15-19(13-18-9-4-5-10-22(18)27)21-14-20(25-26-21)17-7-2-1-3-8-17/h1-15H,16H2,(H,25,26)/q+1. The SMILES string of the molecule is O=C(C[n+]1cc(-c2cc(-c3ccccc3)[nH]n2)cc2ccccc21)c1cccs1. The molecule has 0 fully saturated rings. The molecule has 0 bridgehead atoms. The molecule has 0 aliphatic heterocycles. The van der Waals surface area contributed by atoms with E-state index < -0.39 is 0 Å². The third kappa shape index (κ3) is 3.48. The van der Waals surface area contributed by atoms with E-state index in [1.54, 1.807) is 0 Å². The van der Waals surface area contributed by atoms with Gasteiger partial charge in [-0.25, -0.2) is 0 Å². The van der Waals surface area contributed by atoms with E-state index in [9.17, 15) is 4.79 Å². The number of Topliss-reactive ketones (excluding diaryl/α,β-unsaturated/α-hetero) is 1. The average molecular weight is 396 g/mol. The number of rotatable bonds is 5. The minimum absolute atomic E-state index is 0.110. The van der Waals surface area contributed by atoms with Crippen molar-refractivity contribution in [2.45, 2.75) is 6.54 Å². The van der Waals surface area contributed by atoms with Gasteiger partial charge in [-0.3, -0.25) is 9.89 Å². The Kier molecular flexibility index (Phi) is 4.50. The van der Waals surface area contributed by atoms with Crippen LogP contribution in [0.15, 0.2) is 90.4 Å². The number of aromatic amines is 1. The molecule has 0 atom stereocenters. The largest absolute Gasteiger partial charge is 0.286 e. The molecule has 5 heteroatoms. The van der Waals surface area contributed by atoms with Gasteiger partial charge in [-0.1, -0.05) is 48.5 Å². The molecule has 4 nitrogen and oxygen atoms in total. The maximum absolute atomic E-state index is 12.7. The number of H-pyrrole nitrogens is 1. The van der Waals surface area contributed by atoms with Crippen molar-refractivity contribution in [1.29, 1.82) is 0 Å². The number of ketones is 1. The van der Waals surface area contributed by atoms with Crippen LogP contribution in [0.3, 0.4) is 0 Å². The molecule has 5 rings (SSSR count). The van der Waals surface area contributed by atoms with E-state index in [1.165, 1.54) is 11.3 Å². The second-order valence-corrected chi connectivity index (χ2v) is 7.80. The van der Waals surface area contributed by atoms with E-state index in [-0.39, 0.29) is 5.78 Å². The van der Waals surface area contributed by atoms with E-state index in [4.69, 9.17) is 0 Å². The van der Waals surface area contributed by atoms with Gasteiger partial charge < -0.3 is 0 Å². The number of aromatic nitrogens is 3. The summed E-state index contributed by atoms with van der Waals surface area (Å²) in [5.74, 6) is 0.110. The summed E-state index contributed by atoms with van der Waals surface area (Å²) in [6.45, 7) is 0.296. The van der Waals surface area contributed by atoms with Crippen LogP contribution < -0.4 is 4.57 Å². The van der Waals surface area contributed by atoms with Crippen LogP contribution >= 0.6 is 11.3 Å². The second kappa shape index (κ2) is 7.45. The molecule has 1 N–H and O–H groups in total. The Balaban J connectivity index is 1.57. The highest BCUT2D eigenvalue weighted by Crippen LogP contribution is 2.25. The van der Waals surface area contributed by atoms with Crippen LogP contribution in [0.1, 0.15) is 9.67 Å². The molecule has 0 aliphatic carbocycles. The third-order valence-electron chi connectivity index (χ3n) is 4.92. The topological polar surface area (TPSA) is 49.6 Å². The second-order valence-electron chi connectivity index (χ2n) is 6.85. The van der Waals surface area contributed by atoms with E-state index in [2.05, 4.69) is 34.5 Å². The average Bonchev–Trinajstić information content (AvgIpc) is 3.47. The summed E-state index contributed by atoms with van der Waals surface area (Å²) < 4.78 is 2.02. The van der Waals surface area contributed by atoms with Gasteiger partial charge in [0.15, 0.2) is 6.20 Å². The van der Waals surface area contributed by atoms with E-state index in [0.29, 0.717) is 6.54 Å². The lowest BCUT2D eigenvalue weighted by atomic mass is 10.1. The Hall–Kier alpha value is -3.57. The first-order chi connectivity index (χ1) is 14.3. The highest BCUT2D eigenvalue weighted by molar-refractivity contribution is 7.12. The summed E-state index contributed by atoms with van der Waals surface area (Å²) in [6.07, 6.45) is 2.01. The molecule has 0 saturated carbocycles. The number of carbonyl (C=O) groups excluding carboxylic acids is 1. The number of carbonyl (C=O) groups is 1. The van der Waals surface area contributed by atoms with Crippen molar-refractivity contribution in [2.75, 3.05) is 0 Å². The molecule has 29 heavy (non-hydrogen) atoms. The first kappa shape index (κ1) is 17.5. The number of fused-ring (bicyclic) bond motifs is 1. The molecular weight excluding hydrogens is 378 g/mol. The van der Waals surface area contributed by atoms with Crippen molar-refractivity contribution in [3.63, 3.8) is 0 Å². The number of nitrogens with zero attached hydrogens (tertiary/aromatic N) is 2. The summed E-state index contributed by atoms with van der Waals surface area (Å²) >= 11 is 1.48. The Morgan fingerprint density at radius 3 is 2.59 bits per heavy atom. The van der Waals surface area contributed by atoms with Crippen LogP contribution in [0.2, 0.25) is 0 Å². The van der Waals surface area contributed by atoms with Crippen molar-refractivity contribution < 1.29 is 9.36 Å². The number of para-hydroxylation sites is 1. The van der Waals surface area contributed by atoms with Crippen molar-refractivity contribution in [2.24, 2.45) is 0 Å². The monoisotopic (exact) mass is 396 g/mol. The molecule has 2 aromatic carbocycles. The summed E-state index contributed by atoms with van der Waals surface area (Å²) in [5.41, 5.74) is 4.91. The van der Waals surface area contributed by atoms with Gasteiger partial charge in [0.25, 0.3) is 0 Å². The number of pyridine rings is 1. The Morgan fingerprint density at radius 1 is 0.931 bits per heavy atom. The fraction of sp³-hybridized carbons (Fsp3) is 0.0417. The van der Waals surface area contributed by atoms with Gasteiger partial charge in [-0.2, -0.15) is 9.67 Å². The van der Waals surface area contributed by atoms with E-state index >= 15 is 0 Å². The Bertz CT molecular complexity index is 1290. The zero-order valence-electron chi connectivity index (χ0n) is 15.6. The molecular formula is C24H18N3OS+. The third-order valence-corrected chi connectivity index (χ3v) is 5.83. The predicted molar refractivity (Wildman–Crippen MR) is 116 cm³/mol. The molecule has 0 saturated heterocycles. The Morgan fingerprint density at radius 2 is 1.76 bits per heavy atom. The lowest BCUT2D eigenvalue weighted by Crippen LogP contribution is -2.38. The quantitative estimate of drug-likeness (QED) is 0.331. The van der Waals surface area contributed by atoms with Gasteiger partial charge >= 0.3 is 0 Å². The molecule has 3 aromatic heterocycles. The van der Waals surface area contributed by atoms with Crippen molar-refractivity contribution in [3.05, 3.63) is 95.3 Å². The molecule has 3 heterocycles. The minimum Gasteiger partial charge on any atom is -0.286 e. The summed E-state index contributed by atoms with van der Waals surface area (Å²) in [7, 11) is 0. The maximum Gasteiger partial charge on any atom is 0.237 e. The number of nitrogens with one attached hydrogen (secondary N) is 1. The molecule has 140 valence electrons. The van der Waals surface area contributed by atoms with Crippen LogP contribution in [0, 0.1) is 0 Å². The molecule has 0 aliphatic rings. The number of hydrogen-bond donors (Lipinski definition) is 1. The fourth-order valence-electron chi connectivity index (χ4n) is 3.49. The molecule has 0 radical (unpaired) electrons. The van der Waals surface area contributed by atoms with Crippen LogP contribution in [-0.2, 0) is 6.54 Å². The normalized spacial score (nSPS) is 11.0. The van der Waals surface area contributed by atoms with Gasteiger partial charge in [0.05, 0.1) is 21.8 Å². The van der Waals surface area contributed by atoms with Gasteiger partial charge in [-0.15, -0.1) is 11.3 Å². The van der Waals surface area contributed by atoms with Crippen LogP contribution in [-0.4, -0.2) is 16.0 Å². The van der Waals surface area contributed by atoms with Crippen LogP contribution in [0.4, 0.5) is 0 Å². The zero-order chi connectivity index (χ0) is 19.6. The van der Waals surface area contributed by atoms with Crippen LogP contribution in [0.5, 0.6) is 0 Å². The zero-order valence-corrected chi connectivity index (χ0v) is 16.4. The lowest BCUT2D eigenvalue weighted by molar-refractivity contribution is -0.656. The lowest BCUT2D eigenvalue weighted by Gasteiger charge is -2.03. The first-order valence-electron chi connectivity index (χ1n) is 9.38. The molecule has 5 aromatic rings.